The average Bonchev–Trinajstić information content (AvgIpc) is 2.35. The van der Waals surface area contributed by atoms with E-state index in [1.165, 1.54) is 0 Å². The summed E-state index contributed by atoms with van der Waals surface area (Å²) in [6.45, 7) is 5.55. The molecule has 2 N–H and O–H groups in total. The number of aromatic nitrogens is 1. The van der Waals surface area contributed by atoms with Crippen LogP contribution in [0.1, 0.15) is 19.0 Å². The maximum atomic E-state index is 11.5. The second-order valence-corrected chi connectivity index (χ2v) is 4.12. The summed E-state index contributed by atoms with van der Waals surface area (Å²) in [5.41, 5.74) is 1.97. The second kappa shape index (κ2) is 4.14. The van der Waals surface area contributed by atoms with Crippen molar-refractivity contribution in [3.8, 4) is 0 Å². The Morgan fingerprint density at radius 2 is 2.44 bits per heavy atom. The molecule has 0 unspecified atom stereocenters. The van der Waals surface area contributed by atoms with Crippen LogP contribution in [0.3, 0.4) is 0 Å². The Morgan fingerprint density at radius 3 is 3.12 bits per heavy atom. The zero-order valence-corrected chi connectivity index (χ0v) is 9.64. The Morgan fingerprint density at radius 1 is 1.69 bits per heavy atom. The molecule has 1 aliphatic rings. The number of hydrogen-bond donors (Lipinski definition) is 2. The largest absolute Gasteiger partial charge is 0.378 e. The van der Waals surface area contributed by atoms with Gasteiger partial charge in [-0.3, -0.25) is 4.79 Å². The standard InChI is InChI=1S/C11H12ClN3O/c1-3-7-5-8-10(11(12)14-7)13-6(2)4-9(16)15-8/h3,5-6,13H,1,4H2,2H3,(H,15,16)/t6-/m1/s1. The number of fused-ring (bicyclic) bond motifs is 1. The highest BCUT2D eigenvalue weighted by molar-refractivity contribution is 6.33. The van der Waals surface area contributed by atoms with Gasteiger partial charge in [0.25, 0.3) is 0 Å². The molecule has 0 aromatic carbocycles. The molecule has 2 heterocycles. The summed E-state index contributed by atoms with van der Waals surface area (Å²) in [7, 11) is 0. The molecule has 1 aliphatic heterocycles. The maximum absolute atomic E-state index is 11.5. The molecule has 1 aromatic heterocycles. The van der Waals surface area contributed by atoms with Gasteiger partial charge >= 0.3 is 0 Å². The number of nitrogens with one attached hydrogen (secondary N) is 2. The van der Waals surface area contributed by atoms with Crippen LogP contribution in [0.15, 0.2) is 12.6 Å². The van der Waals surface area contributed by atoms with Crippen molar-refractivity contribution >= 4 is 35.0 Å². The van der Waals surface area contributed by atoms with E-state index in [0.717, 1.165) is 0 Å². The van der Waals surface area contributed by atoms with E-state index in [-0.39, 0.29) is 11.9 Å². The van der Waals surface area contributed by atoms with E-state index in [1.807, 2.05) is 6.92 Å². The monoisotopic (exact) mass is 237 g/mol. The number of hydrogen-bond acceptors (Lipinski definition) is 3. The summed E-state index contributed by atoms with van der Waals surface area (Å²) in [6.07, 6.45) is 2.00. The van der Waals surface area contributed by atoms with Crippen LogP contribution in [0, 0.1) is 0 Å². The van der Waals surface area contributed by atoms with E-state index in [1.54, 1.807) is 12.1 Å². The van der Waals surface area contributed by atoms with Crippen molar-refractivity contribution < 1.29 is 4.79 Å². The van der Waals surface area contributed by atoms with Crippen LogP contribution >= 0.6 is 11.6 Å². The molecule has 0 fully saturated rings. The first-order valence-corrected chi connectivity index (χ1v) is 5.37. The van der Waals surface area contributed by atoms with Gasteiger partial charge in [-0.25, -0.2) is 4.98 Å². The number of halogens is 1. The fourth-order valence-corrected chi connectivity index (χ4v) is 1.90. The second-order valence-electron chi connectivity index (χ2n) is 3.76. The number of anilines is 2. The number of carbonyl (C=O) groups is 1. The third-order valence-electron chi connectivity index (χ3n) is 2.36. The molecule has 0 spiro atoms. The number of nitrogens with zero attached hydrogens (tertiary/aromatic N) is 1. The third-order valence-corrected chi connectivity index (χ3v) is 2.63. The highest BCUT2D eigenvalue weighted by Crippen LogP contribution is 2.32. The number of amides is 1. The summed E-state index contributed by atoms with van der Waals surface area (Å²) in [5, 5.41) is 6.30. The van der Waals surface area contributed by atoms with Gasteiger partial charge in [-0.2, -0.15) is 0 Å². The predicted octanol–water partition coefficient (Wildman–Crippen LogP) is 2.52. The van der Waals surface area contributed by atoms with Crippen LogP contribution in [0.5, 0.6) is 0 Å². The molecular weight excluding hydrogens is 226 g/mol. The van der Waals surface area contributed by atoms with Crippen LogP contribution in [0.4, 0.5) is 11.4 Å². The third kappa shape index (κ3) is 2.02. The molecule has 1 atom stereocenters. The first-order chi connectivity index (χ1) is 7.60. The lowest BCUT2D eigenvalue weighted by atomic mass is 10.2. The Labute approximate surface area is 98.7 Å². The fourth-order valence-electron chi connectivity index (χ4n) is 1.65. The molecular formula is C11H12ClN3O. The van der Waals surface area contributed by atoms with Crippen molar-refractivity contribution in [1.29, 1.82) is 0 Å². The lowest BCUT2D eigenvalue weighted by Crippen LogP contribution is -2.19. The summed E-state index contributed by atoms with van der Waals surface area (Å²) in [4.78, 5) is 15.7. The van der Waals surface area contributed by atoms with Crippen molar-refractivity contribution in [2.24, 2.45) is 0 Å². The van der Waals surface area contributed by atoms with E-state index >= 15 is 0 Å². The summed E-state index contributed by atoms with van der Waals surface area (Å²) >= 11 is 6.04. The van der Waals surface area contributed by atoms with E-state index in [4.69, 9.17) is 11.6 Å². The minimum atomic E-state index is -0.0315. The first kappa shape index (κ1) is 11.0. The van der Waals surface area contributed by atoms with Crippen LogP contribution in [-0.2, 0) is 4.79 Å². The molecule has 0 saturated heterocycles. The van der Waals surface area contributed by atoms with Crippen LogP contribution in [-0.4, -0.2) is 16.9 Å². The van der Waals surface area contributed by atoms with Gasteiger partial charge in [0.05, 0.1) is 17.1 Å². The molecule has 0 radical (unpaired) electrons. The number of carbonyl (C=O) groups excluding carboxylic acids is 1. The van der Waals surface area contributed by atoms with Crippen molar-refractivity contribution in [2.75, 3.05) is 10.6 Å². The Kier molecular flexibility index (Phi) is 2.83. The van der Waals surface area contributed by atoms with E-state index < -0.39 is 0 Å². The lowest BCUT2D eigenvalue weighted by molar-refractivity contribution is -0.116. The van der Waals surface area contributed by atoms with Gasteiger partial charge in [0, 0.05) is 12.5 Å². The Hall–Kier alpha value is -1.55. The smallest absolute Gasteiger partial charge is 0.226 e. The van der Waals surface area contributed by atoms with Gasteiger partial charge in [0.15, 0.2) is 5.15 Å². The summed E-state index contributed by atoms with van der Waals surface area (Å²) in [5.74, 6) is -0.0315. The van der Waals surface area contributed by atoms with Crippen molar-refractivity contribution in [1.82, 2.24) is 4.98 Å². The quantitative estimate of drug-likeness (QED) is 0.738. The minimum absolute atomic E-state index is 0.0315. The maximum Gasteiger partial charge on any atom is 0.226 e. The Balaban J connectivity index is 2.52. The molecule has 1 aromatic rings. The molecule has 0 saturated carbocycles. The predicted molar refractivity (Wildman–Crippen MR) is 65.7 cm³/mol. The van der Waals surface area contributed by atoms with E-state index in [2.05, 4.69) is 22.2 Å². The van der Waals surface area contributed by atoms with Crippen LogP contribution in [0.25, 0.3) is 6.08 Å². The average molecular weight is 238 g/mol. The van der Waals surface area contributed by atoms with Gasteiger partial charge < -0.3 is 10.6 Å². The molecule has 4 nitrogen and oxygen atoms in total. The topological polar surface area (TPSA) is 54.0 Å². The zero-order chi connectivity index (χ0) is 11.7. The van der Waals surface area contributed by atoms with Gasteiger partial charge in [-0.1, -0.05) is 18.2 Å². The van der Waals surface area contributed by atoms with Crippen LogP contribution < -0.4 is 10.6 Å². The SMILES string of the molecule is C=Cc1cc2c(c(Cl)n1)N[C@H](C)CC(=O)N2. The highest BCUT2D eigenvalue weighted by Gasteiger charge is 2.20. The van der Waals surface area contributed by atoms with E-state index in [0.29, 0.717) is 28.6 Å². The molecule has 0 aliphatic carbocycles. The zero-order valence-electron chi connectivity index (χ0n) is 8.88. The Bertz CT molecular complexity index is 459. The van der Waals surface area contributed by atoms with Crippen molar-refractivity contribution in [2.45, 2.75) is 19.4 Å². The fraction of sp³-hybridized carbons (Fsp3) is 0.273. The number of rotatable bonds is 1. The van der Waals surface area contributed by atoms with Crippen molar-refractivity contribution in [3.63, 3.8) is 0 Å². The summed E-state index contributed by atoms with van der Waals surface area (Å²) in [6, 6.07) is 1.78. The molecule has 2 rings (SSSR count). The molecule has 5 heteroatoms. The van der Waals surface area contributed by atoms with Gasteiger partial charge in [0.1, 0.15) is 0 Å². The molecule has 84 valence electrons. The normalized spacial score (nSPS) is 19.1. The van der Waals surface area contributed by atoms with Gasteiger partial charge in [0.2, 0.25) is 5.91 Å². The molecule has 16 heavy (non-hydrogen) atoms. The highest BCUT2D eigenvalue weighted by atomic mass is 35.5. The van der Waals surface area contributed by atoms with Crippen molar-refractivity contribution in [3.05, 3.63) is 23.5 Å². The van der Waals surface area contributed by atoms with Gasteiger partial charge in [-0.05, 0) is 19.1 Å². The van der Waals surface area contributed by atoms with Gasteiger partial charge in [-0.15, -0.1) is 0 Å². The molecule has 1 amide bonds. The summed E-state index contributed by atoms with van der Waals surface area (Å²) < 4.78 is 0. The lowest BCUT2D eigenvalue weighted by Gasteiger charge is -2.13. The van der Waals surface area contributed by atoms with Crippen LogP contribution in [0.2, 0.25) is 5.15 Å². The number of pyridine rings is 1. The van der Waals surface area contributed by atoms with E-state index in [9.17, 15) is 4.79 Å². The molecule has 0 bridgehead atoms. The minimum Gasteiger partial charge on any atom is -0.378 e. The first-order valence-electron chi connectivity index (χ1n) is 4.99.